The zero-order valence-corrected chi connectivity index (χ0v) is 14.3. The van der Waals surface area contributed by atoms with Gasteiger partial charge in [0.25, 0.3) is 5.91 Å². The number of hydrazone groups is 1. The van der Waals surface area contributed by atoms with Crippen LogP contribution in [-0.2, 0) is 11.8 Å². The number of nitrogens with one attached hydrogen (secondary N) is 1. The van der Waals surface area contributed by atoms with E-state index in [1.54, 1.807) is 49.0 Å². The first-order valence-corrected chi connectivity index (χ1v) is 7.44. The molecule has 0 aliphatic carbocycles. The van der Waals surface area contributed by atoms with Crippen molar-refractivity contribution in [1.29, 1.82) is 0 Å². The molecule has 0 spiro atoms. The Kier molecular flexibility index (Phi) is 5.05. The van der Waals surface area contributed by atoms with Gasteiger partial charge in [-0.25, -0.2) is 5.43 Å². The number of carbonyl (C=O) groups excluding carboxylic acids is 1. The van der Waals surface area contributed by atoms with Crippen molar-refractivity contribution in [1.82, 2.24) is 15.2 Å². The minimum absolute atomic E-state index is 0.356. The lowest BCUT2D eigenvalue weighted by Crippen LogP contribution is -2.44. The van der Waals surface area contributed by atoms with E-state index in [0.29, 0.717) is 10.8 Å². The van der Waals surface area contributed by atoms with Gasteiger partial charge in [-0.2, -0.15) is 10.2 Å². The van der Waals surface area contributed by atoms with Crippen molar-refractivity contribution in [3.8, 4) is 5.75 Å². The molecule has 0 aliphatic rings. The summed E-state index contributed by atoms with van der Waals surface area (Å²) in [5, 5.41) is 8.76. The zero-order valence-electron chi connectivity index (χ0n) is 13.5. The third kappa shape index (κ3) is 4.56. The van der Waals surface area contributed by atoms with Crippen LogP contribution in [0.1, 0.15) is 25.1 Å². The maximum atomic E-state index is 12.2. The van der Waals surface area contributed by atoms with E-state index in [9.17, 15) is 4.79 Å². The van der Waals surface area contributed by atoms with Crippen LogP contribution in [0.3, 0.4) is 0 Å². The third-order valence-corrected chi connectivity index (χ3v) is 3.41. The highest BCUT2D eigenvalue weighted by molar-refractivity contribution is 6.30. The molecule has 6 nitrogen and oxygen atoms in total. The van der Waals surface area contributed by atoms with E-state index >= 15 is 0 Å². The molecule has 0 bridgehead atoms. The second-order valence-electron chi connectivity index (χ2n) is 5.61. The molecule has 1 N–H and O–H groups in total. The fourth-order valence-corrected chi connectivity index (χ4v) is 2.01. The molecule has 1 aromatic heterocycles. The van der Waals surface area contributed by atoms with Crippen molar-refractivity contribution in [3.63, 3.8) is 0 Å². The van der Waals surface area contributed by atoms with E-state index in [1.165, 1.54) is 0 Å². The van der Waals surface area contributed by atoms with E-state index in [0.717, 1.165) is 11.3 Å². The number of amides is 1. The Hall–Kier alpha value is -2.34. The van der Waals surface area contributed by atoms with Crippen molar-refractivity contribution >= 4 is 23.7 Å². The Morgan fingerprint density at radius 2 is 2.04 bits per heavy atom. The predicted molar refractivity (Wildman–Crippen MR) is 89.8 cm³/mol. The van der Waals surface area contributed by atoms with Gasteiger partial charge in [0.1, 0.15) is 5.75 Å². The summed E-state index contributed by atoms with van der Waals surface area (Å²) in [7, 11) is 1.83. The van der Waals surface area contributed by atoms with Crippen LogP contribution in [0, 0.1) is 6.92 Å². The summed E-state index contributed by atoms with van der Waals surface area (Å²) in [6, 6.07) is 6.82. The molecule has 0 fully saturated rings. The van der Waals surface area contributed by atoms with Crippen LogP contribution in [-0.4, -0.2) is 27.5 Å². The van der Waals surface area contributed by atoms with Gasteiger partial charge < -0.3 is 4.74 Å². The monoisotopic (exact) mass is 334 g/mol. The Morgan fingerprint density at radius 1 is 1.39 bits per heavy atom. The van der Waals surface area contributed by atoms with Crippen molar-refractivity contribution in [3.05, 3.63) is 46.7 Å². The van der Waals surface area contributed by atoms with Crippen molar-refractivity contribution in [2.45, 2.75) is 26.4 Å². The molecule has 2 aromatic rings. The molecule has 0 unspecified atom stereocenters. The van der Waals surface area contributed by atoms with E-state index in [1.807, 2.05) is 20.2 Å². The van der Waals surface area contributed by atoms with Gasteiger partial charge in [0.2, 0.25) is 0 Å². The molecule has 0 radical (unpaired) electrons. The van der Waals surface area contributed by atoms with Crippen molar-refractivity contribution < 1.29 is 9.53 Å². The minimum Gasteiger partial charge on any atom is -0.478 e. The molecule has 7 heteroatoms. The molecule has 0 aliphatic heterocycles. The maximum Gasteiger partial charge on any atom is 0.283 e. The van der Waals surface area contributed by atoms with Crippen molar-refractivity contribution in [2.24, 2.45) is 12.1 Å². The smallest absolute Gasteiger partial charge is 0.283 e. The lowest BCUT2D eigenvalue weighted by atomic mass is 10.1. The highest BCUT2D eigenvalue weighted by Crippen LogP contribution is 2.20. The van der Waals surface area contributed by atoms with E-state index in [-0.39, 0.29) is 5.91 Å². The number of aromatic nitrogens is 2. The quantitative estimate of drug-likeness (QED) is 0.675. The van der Waals surface area contributed by atoms with E-state index in [4.69, 9.17) is 16.3 Å². The predicted octanol–water partition coefficient (Wildman–Crippen LogP) is 2.69. The molecule has 1 aromatic carbocycles. The number of nitrogens with zero attached hydrogens (tertiary/aromatic N) is 3. The Bertz CT molecular complexity index is 720. The summed E-state index contributed by atoms with van der Waals surface area (Å²) in [4.78, 5) is 12.2. The Labute approximate surface area is 140 Å². The Morgan fingerprint density at radius 3 is 2.61 bits per heavy atom. The number of benzene rings is 1. The van der Waals surface area contributed by atoms with Crippen LogP contribution < -0.4 is 10.2 Å². The molecule has 1 amide bonds. The molecular formula is C16H19ClN4O2. The van der Waals surface area contributed by atoms with Crippen LogP contribution in [0.4, 0.5) is 0 Å². The summed E-state index contributed by atoms with van der Waals surface area (Å²) < 4.78 is 7.37. The molecule has 23 heavy (non-hydrogen) atoms. The highest BCUT2D eigenvalue weighted by atomic mass is 35.5. The van der Waals surface area contributed by atoms with Crippen LogP contribution in [0.15, 0.2) is 35.6 Å². The van der Waals surface area contributed by atoms with E-state index in [2.05, 4.69) is 15.6 Å². The summed E-state index contributed by atoms with van der Waals surface area (Å²) in [5.74, 6) is 0.201. The molecule has 0 atom stereocenters. The van der Waals surface area contributed by atoms with Crippen molar-refractivity contribution in [2.75, 3.05) is 0 Å². The van der Waals surface area contributed by atoms with Gasteiger partial charge in [-0.05, 0) is 45.0 Å². The van der Waals surface area contributed by atoms with E-state index < -0.39 is 5.60 Å². The second kappa shape index (κ2) is 6.83. The topological polar surface area (TPSA) is 68.5 Å². The summed E-state index contributed by atoms with van der Waals surface area (Å²) in [5.41, 5.74) is 3.08. The van der Waals surface area contributed by atoms with Crippen LogP contribution in [0.5, 0.6) is 5.75 Å². The molecule has 2 rings (SSSR count). The number of hydrogen-bond donors (Lipinski definition) is 1. The highest BCUT2D eigenvalue weighted by Gasteiger charge is 2.29. The first-order valence-electron chi connectivity index (χ1n) is 7.06. The van der Waals surface area contributed by atoms with Crippen LogP contribution >= 0.6 is 11.6 Å². The fourth-order valence-electron chi connectivity index (χ4n) is 1.88. The summed E-state index contributed by atoms with van der Waals surface area (Å²) in [6.45, 7) is 5.21. The molecule has 0 saturated heterocycles. The van der Waals surface area contributed by atoms with Gasteiger partial charge in [-0.1, -0.05) is 11.6 Å². The largest absolute Gasteiger partial charge is 0.478 e. The number of hydrogen-bond acceptors (Lipinski definition) is 4. The van der Waals surface area contributed by atoms with Gasteiger partial charge in [-0.15, -0.1) is 0 Å². The number of ether oxygens (including phenoxy) is 1. The van der Waals surface area contributed by atoms with Gasteiger partial charge >= 0.3 is 0 Å². The van der Waals surface area contributed by atoms with Gasteiger partial charge in [0.15, 0.2) is 5.60 Å². The third-order valence-electron chi connectivity index (χ3n) is 3.15. The number of rotatable bonds is 5. The molecule has 0 saturated carbocycles. The Balaban J connectivity index is 1.98. The average Bonchev–Trinajstić information content (AvgIpc) is 2.79. The average molecular weight is 335 g/mol. The summed E-state index contributed by atoms with van der Waals surface area (Å²) in [6.07, 6.45) is 3.37. The molecule has 122 valence electrons. The number of halogens is 1. The van der Waals surface area contributed by atoms with Crippen LogP contribution in [0.25, 0.3) is 0 Å². The summed E-state index contributed by atoms with van der Waals surface area (Å²) >= 11 is 5.83. The standard InChI is InChI=1S/C16H19ClN4O2/c1-11-12(10-21(4)20-11)9-18-19-15(22)16(2,3)23-14-7-5-13(17)6-8-14/h5-10H,1-4H3,(H,19,22)/b18-9-. The lowest BCUT2D eigenvalue weighted by Gasteiger charge is -2.24. The second-order valence-corrected chi connectivity index (χ2v) is 6.05. The molecular weight excluding hydrogens is 316 g/mol. The first kappa shape index (κ1) is 17.0. The van der Waals surface area contributed by atoms with Crippen LogP contribution in [0.2, 0.25) is 5.02 Å². The van der Waals surface area contributed by atoms with Gasteiger partial charge in [0.05, 0.1) is 11.9 Å². The van der Waals surface area contributed by atoms with Gasteiger partial charge in [-0.3, -0.25) is 9.48 Å². The number of carbonyl (C=O) groups is 1. The van der Waals surface area contributed by atoms with Gasteiger partial charge in [0, 0.05) is 23.8 Å². The first-order chi connectivity index (χ1) is 10.8. The SMILES string of the molecule is Cc1nn(C)cc1/C=N\NC(=O)C(C)(C)Oc1ccc(Cl)cc1. The minimum atomic E-state index is -1.07. The molecule has 1 heterocycles. The normalized spacial score (nSPS) is 11.7. The zero-order chi connectivity index (χ0) is 17.0. The lowest BCUT2D eigenvalue weighted by molar-refractivity contribution is -0.134. The number of aryl methyl sites for hydroxylation is 2. The maximum absolute atomic E-state index is 12.2. The fraction of sp³-hybridized carbons (Fsp3) is 0.312.